The Morgan fingerprint density at radius 2 is 1.71 bits per heavy atom. The fraction of sp³-hybridized carbons (Fsp3) is 0. The van der Waals surface area contributed by atoms with Crippen molar-refractivity contribution in [2.75, 3.05) is 0 Å². The maximum Gasteiger partial charge on any atom is 0.155 e. The van der Waals surface area contributed by atoms with E-state index in [0.717, 1.165) is 50.1 Å². The second-order valence-electron chi connectivity index (χ2n) is 7.37. The summed E-state index contributed by atoms with van der Waals surface area (Å²) in [5.41, 5.74) is 6.89. The van der Waals surface area contributed by atoms with Gasteiger partial charge in [0.1, 0.15) is 11.5 Å². The van der Waals surface area contributed by atoms with Crippen LogP contribution in [0, 0.1) is 5.82 Å². The van der Waals surface area contributed by atoms with Crippen LogP contribution < -0.4 is 0 Å². The predicted molar refractivity (Wildman–Crippen MR) is 120 cm³/mol. The molecule has 0 unspecified atom stereocenters. The van der Waals surface area contributed by atoms with Crippen molar-refractivity contribution in [1.29, 1.82) is 0 Å². The Labute approximate surface area is 176 Å². The first-order chi connectivity index (χ1) is 15.3. The van der Waals surface area contributed by atoms with E-state index in [1.54, 1.807) is 24.5 Å². The smallest absolute Gasteiger partial charge is 0.155 e. The molecule has 0 fully saturated rings. The molecule has 6 heteroatoms. The number of hydrogen-bond donors (Lipinski definition) is 2. The summed E-state index contributed by atoms with van der Waals surface area (Å²) in [6.07, 6.45) is 3.56. The molecule has 31 heavy (non-hydrogen) atoms. The molecule has 0 spiro atoms. The Balaban J connectivity index is 1.52. The Kier molecular flexibility index (Phi) is 3.89. The number of nitrogens with zero attached hydrogens (tertiary/aromatic N) is 3. The Morgan fingerprint density at radius 1 is 0.774 bits per heavy atom. The minimum Gasteiger partial charge on any atom is -0.353 e. The highest BCUT2D eigenvalue weighted by Crippen LogP contribution is 2.34. The maximum atomic E-state index is 13.8. The zero-order chi connectivity index (χ0) is 20.8. The van der Waals surface area contributed by atoms with E-state index < -0.39 is 0 Å². The van der Waals surface area contributed by atoms with Gasteiger partial charge in [-0.3, -0.25) is 10.1 Å². The van der Waals surface area contributed by atoms with E-state index in [1.807, 2.05) is 48.5 Å². The molecule has 0 atom stereocenters. The molecule has 2 N–H and O–H groups in total. The maximum absolute atomic E-state index is 13.8. The van der Waals surface area contributed by atoms with Crippen LogP contribution >= 0.6 is 0 Å². The van der Waals surface area contributed by atoms with Crippen molar-refractivity contribution in [1.82, 2.24) is 25.1 Å². The number of halogens is 1. The Hall–Kier alpha value is -4.32. The molecule has 4 heterocycles. The lowest BCUT2D eigenvalue weighted by Gasteiger charge is -2.03. The number of aromatic amines is 2. The van der Waals surface area contributed by atoms with Gasteiger partial charge in [0.25, 0.3) is 0 Å². The topological polar surface area (TPSA) is 70.2 Å². The van der Waals surface area contributed by atoms with Gasteiger partial charge >= 0.3 is 0 Å². The second-order valence-corrected chi connectivity index (χ2v) is 7.37. The summed E-state index contributed by atoms with van der Waals surface area (Å²) in [5, 5.41) is 9.44. The van der Waals surface area contributed by atoms with Crippen LogP contribution in [0.5, 0.6) is 0 Å². The van der Waals surface area contributed by atoms with Gasteiger partial charge in [0.15, 0.2) is 5.65 Å². The normalized spacial score (nSPS) is 11.4. The third-order valence-electron chi connectivity index (χ3n) is 5.43. The lowest BCUT2D eigenvalue weighted by atomic mass is 10.0. The van der Waals surface area contributed by atoms with Crippen LogP contribution in [0.25, 0.3) is 55.7 Å². The highest BCUT2D eigenvalue weighted by molar-refractivity contribution is 6.01. The van der Waals surface area contributed by atoms with Crippen LogP contribution in [0.4, 0.5) is 4.39 Å². The number of nitrogens with one attached hydrogen (secondary N) is 2. The van der Waals surface area contributed by atoms with E-state index in [1.165, 1.54) is 6.07 Å². The molecule has 2 aromatic carbocycles. The summed E-state index contributed by atoms with van der Waals surface area (Å²) in [7, 11) is 0. The van der Waals surface area contributed by atoms with Crippen LogP contribution in [-0.4, -0.2) is 25.1 Å². The molecule has 6 aromatic rings. The molecule has 0 aliphatic carbocycles. The van der Waals surface area contributed by atoms with Gasteiger partial charge in [0.2, 0.25) is 0 Å². The molecule has 0 aliphatic rings. The van der Waals surface area contributed by atoms with Gasteiger partial charge in [0, 0.05) is 34.2 Å². The van der Waals surface area contributed by atoms with Crippen LogP contribution in [0.2, 0.25) is 0 Å². The number of rotatable bonds is 3. The molecular formula is C25H16FN5. The molecule has 0 radical (unpaired) electrons. The molecular weight excluding hydrogens is 389 g/mol. The average molecular weight is 405 g/mol. The highest BCUT2D eigenvalue weighted by Gasteiger charge is 2.15. The highest BCUT2D eigenvalue weighted by atomic mass is 19.1. The summed E-state index contributed by atoms with van der Waals surface area (Å²) in [5.74, 6) is -0.253. The van der Waals surface area contributed by atoms with Gasteiger partial charge in [-0.2, -0.15) is 5.10 Å². The lowest BCUT2D eigenvalue weighted by molar-refractivity contribution is 0.628. The number of benzene rings is 2. The van der Waals surface area contributed by atoms with Gasteiger partial charge in [-0.05, 0) is 53.6 Å². The number of hydrogen-bond acceptors (Lipinski definition) is 3. The molecule has 0 bridgehead atoms. The molecule has 148 valence electrons. The predicted octanol–water partition coefficient (Wildman–Crippen LogP) is 5.97. The third kappa shape index (κ3) is 2.97. The number of pyridine rings is 2. The summed E-state index contributed by atoms with van der Waals surface area (Å²) in [6.45, 7) is 0. The van der Waals surface area contributed by atoms with Crippen LogP contribution in [0.1, 0.15) is 0 Å². The van der Waals surface area contributed by atoms with Gasteiger partial charge < -0.3 is 4.98 Å². The van der Waals surface area contributed by atoms with Crippen molar-refractivity contribution >= 4 is 21.9 Å². The summed E-state index contributed by atoms with van der Waals surface area (Å²) < 4.78 is 13.8. The fourth-order valence-electron chi connectivity index (χ4n) is 3.97. The summed E-state index contributed by atoms with van der Waals surface area (Å²) >= 11 is 0. The third-order valence-corrected chi connectivity index (χ3v) is 5.43. The van der Waals surface area contributed by atoms with E-state index in [-0.39, 0.29) is 5.82 Å². The average Bonchev–Trinajstić information content (AvgIpc) is 3.43. The quantitative estimate of drug-likeness (QED) is 0.381. The van der Waals surface area contributed by atoms with Gasteiger partial charge in [-0.1, -0.05) is 30.3 Å². The number of fused-ring (bicyclic) bond motifs is 2. The van der Waals surface area contributed by atoms with E-state index in [0.29, 0.717) is 5.65 Å². The molecule has 6 rings (SSSR count). The van der Waals surface area contributed by atoms with E-state index >= 15 is 0 Å². The van der Waals surface area contributed by atoms with Crippen molar-refractivity contribution in [2.45, 2.75) is 0 Å². The summed E-state index contributed by atoms with van der Waals surface area (Å²) in [4.78, 5) is 12.4. The first-order valence-electron chi connectivity index (χ1n) is 9.90. The zero-order valence-electron chi connectivity index (χ0n) is 16.3. The van der Waals surface area contributed by atoms with Gasteiger partial charge in [-0.15, -0.1) is 0 Å². The number of H-pyrrole nitrogens is 2. The van der Waals surface area contributed by atoms with Crippen molar-refractivity contribution in [3.05, 3.63) is 91.0 Å². The molecule has 4 aromatic heterocycles. The van der Waals surface area contributed by atoms with Crippen molar-refractivity contribution in [2.24, 2.45) is 0 Å². The largest absolute Gasteiger partial charge is 0.353 e. The molecule has 5 nitrogen and oxygen atoms in total. The van der Waals surface area contributed by atoms with Crippen LogP contribution in [0.3, 0.4) is 0 Å². The lowest BCUT2D eigenvalue weighted by Crippen LogP contribution is -1.85. The van der Waals surface area contributed by atoms with E-state index in [4.69, 9.17) is 0 Å². The molecule has 0 amide bonds. The first-order valence-corrected chi connectivity index (χ1v) is 9.90. The minimum absolute atomic E-state index is 0.253. The molecule has 0 aliphatic heterocycles. The van der Waals surface area contributed by atoms with Crippen LogP contribution in [0.15, 0.2) is 85.2 Å². The minimum atomic E-state index is -0.253. The second kappa shape index (κ2) is 6.88. The molecule has 0 saturated carbocycles. The van der Waals surface area contributed by atoms with Gasteiger partial charge in [0.05, 0.1) is 11.4 Å². The van der Waals surface area contributed by atoms with Crippen molar-refractivity contribution in [3.63, 3.8) is 0 Å². The Bertz CT molecular complexity index is 1550. The zero-order valence-corrected chi connectivity index (χ0v) is 16.3. The SMILES string of the molecule is Fc1cccc(-c2cccc3[nH]c(-c4n[nH]c5ncc(-c6ccccn6)cc45)cc23)c1. The fourth-order valence-corrected chi connectivity index (χ4v) is 3.97. The van der Waals surface area contributed by atoms with Gasteiger partial charge in [-0.25, -0.2) is 9.37 Å². The van der Waals surface area contributed by atoms with E-state index in [2.05, 4.69) is 31.2 Å². The Morgan fingerprint density at radius 3 is 2.58 bits per heavy atom. The number of aromatic nitrogens is 5. The van der Waals surface area contributed by atoms with Crippen LogP contribution in [-0.2, 0) is 0 Å². The van der Waals surface area contributed by atoms with E-state index in [9.17, 15) is 4.39 Å². The van der Waals surface area contributed by atoms with Crippen molar-refractivity contribution in [3.8, 4) is 33.8 Å². The first kappa shape index (κ1) is 17.5. The standard InChI is InChI=1S/C25H16FN5/c26-17-6-3-5-15(11-17)18-7-4-9-22-19(18)13-23(29-22)24-20-12-16(14-28-25(20)31-30-24)21-8-1-2-10-27-21/h1-14,29H,(H,28,30,31). The summed E-state index contributed by atoms with van der Waals surface area (Å²) in [6, 6.07) is 22.5. The van der Waals surface area contributed by atoms with Crippen molar-refractivity contribution < 1.29 is 4.39 Å². The molecule has 0 saturated heterocycles. The monoisotopic (exact) mass is 405 g/mol.